The zero-order valence-electron chi connectivity index (χ0n) is 6.63. The van der Waals surface area contributed by atoms with Crippen LogP contribution in [-0.4, -0.2) is 0 Å². The third-order valence-corrected chi connectivity index (χ3v) is 1.79. The van der Waals surface area contributed by atoms with Crippen molar-refractivity contribution in [2.24, 2.45) is 0 Å². The van der Waals surface area contributed by atoms with Gasteiger partial charge in [-0.3, -0.25) is 0 Å². The number of rotatable bonds is 1. The van der Waals surface area contributed by atoms with Crippen molar-refractivity contribution in [2.75, 3.05) is 0 Å². The Bertz CT molecular complexity index is 250. The summed E-state index contributed by atoms with van der Waals surface area (Å²) in [6.45, 7) is 3.87. The van der Waals surface area contributed by atoms with E-state index in [0.717, 1.165) is 5.56 Å². The molecule has 0 unspecified atom stereocenters. The zero-order chi connectivity index (χ0) is 8.48. The van der Waals surface area contributed by atoms with Crippen molar-refractivity contribution in [1.82, 2.24) is 0 Å². The molecule has 0 radical (unpaired) electrons. The summed E-state index contributed by atoms with van der Waals surface area (Å²) in [5.41, 5.74) is 0.904. The van der Waals surface area contributed by atoms with Crippen LogP contribution in [-0.2, 0) is 4.75 Å². The van der Waals surface area contributed by atoms with Gasteiger partial charge in [0, 0.05) is 4.75 Å². The van der Waals surface area contributed by atoms with E-state index >= 15 is 0 Å². The van der Waals surface area contributed by atoms with Crippen molar-refractivity contribution >= 4 is 12.6 Å². The smallest absolute Gasteiger partial charge is 0.123 e. The first kappa shape index (κ1) is 8.60. The lowest BCUT2D eigenvalue weighted by Gasteiger charge is -2.17. The van der Waals surface area contributed by atoms with Gasteiger partial charge in [-0.1, -0.05) is 12.1 Å². The summed E-state index contributed by atoms with van der Waals surface area (Å²) in [7, 11) is 0. The van der Waals surface area contributed by atoms with E-state index in [1.54, 1.807) is 6.07 Å². The molecule has 0 saturated heterocycles. The lowest BCUT2D eigenvalue weighted by molar-refractivity contribution is 0.621. The van der Waals surface area contributed by atoms with Crippen molar-refractivity contribution in [3.63, 3.8) is 0 Å². The third kappa shape index (κ3) is 2.22. The molecule has 0 heterocycles. The molecule has 0 aliphatic heterocycles. The van der Waals surface area contributed by atoms with E-state index in [1.165, 1.54) is 12.1 Å². The molecule has 1 aromatic carbocycles. The molecule has 11 heavy (non-hydrogen) atoms. The van der Waals surface area contributed by atoms with Gasteiger partial charge in [0.15, 0.2) is 0 Å². The molecule has 1 rings (SSSR count). The number of benzene rings is 1. The predicted molar refractivity (Wildman–Crippen MR) is 48.4 cm³/mol. The molecule has 0 aromatic heterocycles. The second-order valence-electron chi connectivity index (χ2n) is 3.07. The van der Waals surface area contributed by atoms with Crippen molar-refractivity contribution in [1.29, 1.82) is 0 Å². The Kier molecular flexibility index (Phi) is 2.23. The van der Waals surface area contributed by atoms with Crippen LogP contribution in [0.5, 0.6) is 0 Å². The van der Waals surface area contributed by atoms with Gasteiger partial charge in [0.05, 0.1) is 0 Å². The van der Waals surface area contributed by atoms with Crippen LogP contribution in [0.2, 0.25) is 0 Å². The molecule has 0 saturated carbocycles. The monoisotopic (exact) mass is 170 g/mol. The van der Waals surface area contributed by atoms with E-state index in [-0.39, 0.29) is 10.6 Å². The minimum atomic E-state index is -0.262. The molecular formula is C9H11FS. The summed E-state index contributed by atoms with van der Waals surface area (Å²) in [5, 5.41) is 0. The topological polar surface area (TPSA) is 0 Å². The maximum Gasteiger partial charge on any atom is 0.123 e. The van der Waals surface area contributed by atoms with Crippen LogP contribution >= 0.6 is 12.6 Å². The predicted octanol–water partition coefficient (Wildman–Crippen LogP) is 2.99. The Morgan fingerprint density at radius 3 is 2.36 bits per heavy atom. The Morgan fingerprint density at radius 2 is 2.00 bits per heavy atom. The highest BCUT2D eigenvalue weighted by Gasteiger charge is 2.14. The van der Waals surface area contributed by atoms with Gasteiger partial charge >= 0.3 is 0 Å². The van der Waals surface area contributed by atoms with Crippen molar-refractivity contribution < 1.29 is 4.39 Å². The largest absolute Gasteiger partial charge is 0.207 e. The summed E-state index contributed by atoms with van der Waals surface area (Å²) in [4.78, 5) is 0. The maximum atomic E-state index is 12.7. The highest BCUT2D eigenvalue weighted by molar-refractivity contribution is 7.81. The fourth-order valence-electron chi connectivity index (χ4n) is 0.869. The lowest BCUT2D eigenvalue weighted by Crippen LogP contribution is -2.07. The quantitative estimate of drug-likeness (QED) is 0.615. The van der Waals surface area contributed by atoms with E-state index in [0.29, 0.717) is 0 Å². The molecule has 0 aliphatic carbocycles. The normalized spacial score (nSPS) is 11.6. The van der Waals surface area contributed by atoms with Gasteiger partial charge in [-0.15, -0.1) is 0 Å². The summed E-state index contributed by atoms with van der Waals surface area (Å²) in [6.07, 6.45) is 0. The van der Waals surface area contributed by atoms with Crippen molar-refractivity contribution in [3.8, 4) is 0 Å². The Balaban J connectivity index is 3.06. The summed E-state index contributed by atoms with van der Waals surface area (Å²) in [6, 6.07) is 6.51. The van der Waals surface area contributed by atoms with E-state index in [2.05, 4.69) is 12.6 Å². The Morgan fingerprint density at radius 1 is 1.36 bits per heavy atom. The summed E-state index contributed by atoms with van der Waals surface area (Å²) in [5.74, 6) is -0.204. The SMILES string of the molecule is CC(C)(S)c1cccc(F)c1. The summed E-state index contributed by atoms with van der Waals surface area (Å²) < 4.78 is 12.4. The van der Waals surface area contributed by atoms with Crippen LogP contribution < -0.4 is 0 Å². The van der Waals surface area contributed by atoms with Gasteiger partial charge in [0.25, 0.3) is 0 Å². The molecule has 0 amide bonds. The molecule has 0 bridgehead atoms. The first-order valence-corrected chi connectivity index (χ1v) is 3.93. The molecule has 1 aromatic rings. The fraction of sp³-hybridized carbons (Fsp3) is 0.333. The van der Waals surface area contributed by atoms with Crippen molar-refractivity contribution in [2.45, 2.75) is 18.6 Å². The van der Waals surface area contributed by atoms with Crippen molar-refractivity contribution in [3.05, 3.63) is 35.6 Å². The van der Waals surface area contributed by atoms with Gasteiger partial charge in [-0.05, 0) is 31.5 Å². The Labute approximate surface area is 71.8 Å². The van der Waals surface area contributed by atoms with Crippen LogP contribution in [0.1, 0.15) is 19.4 Å². The fourth-order valence-corrected chi connectivity index (χ4v) is 1.01. The van der Waals surface area contributed by atoms with Gasteiger partial charge < -0.3 is 0 Å². The molecular weight excluding hydrogens is 159 g/mol. The second-order valence-corrected chi connectivity index (χ2v) is 4.19. The minimum absolute atomic E-state index is 0.204. The minimum Gasteiger partial charge on any atom is -0.207 e. The van der Waals surface area contributed by atoms with Gasteiger partial charge in [-0.2, -0.15) is 12.6 Å². The molecule has 0 atom stereocenters. The van der Waals surface area contributed by atoms with Gasteiger partial charge in [0.1, 0.15) is 5.82 Å². The number of thiol groups is 1. The van der Waals surface area contributed by atoms with E-state index in [1.807, 2.05) is 19.9 Å². The van der Waals surface area contributed by atoms with Crippen LogP contribution in [0.3, 0.4) is 0 Å². The highest BCUT2D eigenvalue weighted by Crippen LogP contribution is 2.26. The molecule has 60 valence electrons. The number of hydrogen-bond acceptors (Lipinski definition) is 1. The number of hydrogen-bond donors (Lipinski definition) is 1. The molecule has 0 nitrogen and oxygen atoms in total. The number of halogens is 1. The molecule has 0 spiro atoms. The molecule has 0 aliphatic rings. The van der Waals surface area contributed by atoms with Gasteiger partial charge in [-0.25, -0.2) is 4.39 Å². The highest BCUT2D eigenvalue weighted by atomic mass is 32.1. The van der Waals surface area contributed by atoms with E-state index in [9.17, 15) is 4.39 Å². The molecule has 0 fully saturated rings. The lowest BCUT2D eigenvalue weighted by atomic mass is 10.0. The van der Waals surface area contributed by atoms with Gasteiger partial charge in [0.2, 0.25) is 0 Å². The summed E-state index contributed by atoms with van der Waals surface area (Å²) >= 11 is 4.32. The zero-order valence-corrected chi connectivity index (χ0v) is 7.53. The average Bonchev–Trinajstić information content (AvgIpc) is 1.86. The van der Waals surface area contributed by atoms with E-state index < -0.39 is 0 Å². The standard InChI is InChI=1S/C9H11FS/c1-9(2,11)7-4-3-5-8(10)6-7/h3-6,11H,1-2H3. The first-order chi connectivity index (χ1) is 5.00. The molecule has 2 heteroatoms. The Hall–Kier alpha value is -0.500. The molecule has 0 N–H and O–H groups in total. The maximum absolute atomic E-state index is 12.7. The van der Waals surface area contributed by atoms with Crippen LogP contribution in [0.4, 0.5) is 4.39 Å². The average molecular weight is 170 g/mol. The second kappa shape index (κ2) is 2.86. The van der Waals surface area contributed by atoms with E-state index in [4.69, 9.17) is 0 Å². The van der Waals surface area contributed by atoms with Crippen LogP contribution in [0.25, 0.3) is 0 Å². The third-order valence-electron chi connectivity index (χ3n) is 1.53. The van der Waals surface area contributed by atoms with Crippen LogP contribution in [0, 0.1) is 5.82 Å². The van der Waals surface area contributed by atoms with Crippen LogP contribution in [0.15, 0.2) is 24.3 Å². The first-order valence-electron chi connectivity index (χ1n) is 3.48.